The summed E-state index contributed by atoms with van der Waals surface area (Å²) < 4.78 is 568. The van der Waals surface area contributed by atoms with E-state index in [1.165, 1.54) is 53.1 Å². The van der Waals surface area contributed by atoms with Crippen molar-refractivity contribution in [3.8, 4) is 33.4 Å². The molecule has 3 aliphatic carbocycles. The van der Waals surface area contributed by atoms with Gasteiger partial charge in [0.25, 0.3) is 16.7 Å². The van der Waals surface area contributed by atoms with E-state index < -0.39 is 394 Å². The van der Waals surface area contributed by atoms with E-state index in [2.05, 4.69) is 15.0 Å². The van der Waals surface area contributed by atoms with Crippen molar-refractivity contribution in [2.75, 3.05) is 78.0 Å². The first-order valence-corrected chi connectivity index (χ1v) is 45.4. The second-order valence-electron chi connectivity index (χ2n) is 30.3. The summed E-state index contributed by atoms with van der Waals surface area (Å²) in [4.78, 5) is 97.2. The molecule has 3 amide bonds. The number of thioether (sulfide) groups is 3. The number of amides is 3. The van der Waals surface area contributed by atoms with E-state index in [0.29, 0.717) is 115 Å². The second-order valence-corrected chi connectivity index (χ2v) is 33.1. The highest BCUT2D eigenvalue weighted by Crippen LogP contribution is 2.37. The molecule has 0 bridgehead atoms. The summed E-state index contributed by atoms with van der Waals surface area (Å²) in [5.74, 6) is -14.7. The third-order valence-corrected chi connectivity index (χ3v) is 23.8. The van der Waals surface area contributed by atoms with E-state index in [9.17, 15) is 76.1 Å². The van der Waals surface area contributed by atoms with E-state index in [0.717, 1.165) is 83.1 Å². The summed E-state index contributed by atoms with van der Waals surface area (Å²) in [6.07, 6.45) is -21.6. The lowest BCUT2D eigenvalue weighted by Crippen LogP contribution is -2.40. The first-order valence-electron chi connectivity index (χ1n) is 67.5. The summed E-state index contributed by atoms with van der Waals surface area (Å²) in [7, 11) is 0. The molecule has 3 aromatic heterocycles. The van der Waals surface area contributed by atoms with Crippen molar-refractivity contribution in [3.63, 3.8) is 0 Å². The molecular weight excluding hydrogens is 1870 g/mol. The predicted molar refractivity (Wildman–Crippen MR) is 539 cm³/mol. The normalized spacial score (nSPS) is 22.6. The minimum absolute atomic E-state index is 0.0159. The van der Waals surface area contributed by atoms with Gasteiger partial charge in [0.15, 0.2) is 15.5 Å². The summed E-state index contributed by atoms with van der Waals surface area (Å²) >= 11 is 1.74. The highest BCUT2D eigenvalue weighted by molar-refractivity contribution is 7.98. The summed E-state index contributed by atoms with van der Waals surface area (Å²) in [5, 5.41) is -1.39. The van der Waals surface area contributed by atoms with Gasteiger partial charge in [-0.15, -0.1) is 0 Å². The van der Waals surface area contributed by atoms with Crippen LogP contribution in [0.15, 0.2) is 248 Å². The molecule has 141 heavy (non-hydrogen) atoms. The molecule has 0 N–H and O–H groups in total. The van der Waals surface area contributed by atoms with Crippen molar-refractivity contribution < 1.29 is 127 Å². The van der Waals surface area contributed by atoms with Crippen LogP contribution in [0.3, 0.4) is 0 Å². The highest BCUT2D eigenvalue weighted by Gasteiger charge is 2.35. The molecule has 9 aromatic carbocycles. The van der Waals surface area contributed by atoms with Gasteiger partial charge < -0.3 is 43.1 Å². The van der Waals surface area contributed by atoms with Crippen molar-refractivity contribution in [3.05, 3.63) is 350 Å². The molecule has 3 heterocycles. The average molecular weight is 2040 g/mol. The SMILES string of the molecule is [2H]c1c([2H])c(-c2c([2H])c([2H])c(C(F)(F)F)c([2H])c2[2H])c([2H])c([2H])c1CN(C(=O)Cn1c(SCc2ccc(F)cc2)nc(=O)c2c1C([2H])([2H])C([2H])(C)C2([2H])[2H])C([2H])([2H])C([2H])([2H])N(C([2H])([2H])C)C([2H])([2H])C.[2H]c1c([2H])c(CSc2nc(=O)c3c(n2CC(=O)N(Cc2ccc(-c4ccc(C(F)(F)F)cc4)cc2)C([2H])([2H])C([2H])([2H])N(C([2H])([2H])C)C([2H])([2H])C)C([2H])([2H])C([2H])(C)C3([2H])[2H])c([2H])c([2H])c1F.[2H]c1c([2H])c(CSc2nc(=O)c3c(n2CC(=O)N(Cc2ccc(-c4ccc(CF)cc4)cc2)C([2H])([2H])C([2H])([2H])N(C([2H])([2H])C)C([2H])([2H])C)CCC3)c([2H])c([2H])c1F. The van der Waals surface area contributed by atoms with Crippen molar-refractivity contribution in [1.82, 2.24) is 58.1 Å². The van der Waals surface area contributed by atoms with E-state index >= 15 is 4.79 Å². The first-order chi connectivity index (χ1) is 86.8. The molecule has 0 fully saturated rings. The van der Waals surface area contributed by atoms with Gasteiger partial charge in [0.05, 0.1) is 41.3 Å². The number of alkyl halides is 7. The summed E-state index contributed by atoms with van der Waals surface area (Å²) in [6, 6.07) is 9.08. The molecule has 0 spiro atoms. The maximum absolute atomic E-state index is 15.0. The van der Waals surface area contributed by atoms with E-state index in [4.69, 9.17) is 60.3 Å². The fraction of sp³-hybridized carbons (Fsp3) is 0.373. The van der Waals surface area contributed by atoms with Gasteiger partial charge in [-0.1, -0.05) is 248 Å². The van der Waals surface area contributed by atoms with E-state index in [1.54, 1.807) is 48.5 Å². The Morgan fingerprint density at radius 1 is 0.376 bits per heavy atom. The van der Waals surface area contributed by atoms with Crippen molar-refractivity contribution in [2.45, 2.75) is 191 Å². The van der Waals surface area contributed by atoms with Gasteiger partial charge >= 0.3 is 12.4 Å². The smallest absolute Gasteiger partial charge is 0.336 e. The van der Waals surface area contributed by atoms with E-state index in [1.807, 2.05) is 0 Å². The maximum atomic E-state index is 15.0. The molecule has 744 valence electrons. The van der Waals surface area contributed by atoms with Crippen LogP contribution in [0.4, 0.5) is 43.9 Å². The Morgan fingerprint density at radius 3 is 1.06 bits per heavy atom. The standard InChI is InChI=1S/2C37H40F4N4O2S.C36H40F2N4O2S/c2*1-4-43(5-2)18-19-44(22-26-6-10-28(11-7-26)29-12-14-30(15-13-29)37(39,40)41)34(46)23-45-33-21-25(3)20-32(33)35(47)42-36(45)48-24-27-8-16-31(38)17-9-27;1-3-40(4-2)20-21-41(23-27-10-16-30(17-11-27)29-14-8-26(22-37)9-15-29)34(43)24-42-33-7-5-6-32(33)35(44)39-36(42)45-25-28-12-18-31(38)19-13-28/h2*6-17,25H,4-5,18-24H2,1-3H3;8-19H,3-7,20-25H2,1-2H3/i4D2,5D2,6D,7D,10D,11D,12D,13D,14D,15D,18D2,19D2,20D2,21D2,25D;4D2,5D2,8D,9D,16D,17D,18D2,19D2,20D2,21D2,25D;3D2,4D2,12D,13D,18D,19D,20D2,21D2. The largest absolute Gasteiger partial charge is 0.416 e. The Balaban J connectivity index is 0.000000232. The lowest BCUT2D eigenvalue weighted by Gasteiger charge is -2.28. The van der Waals surface area contributed by atoms with Gasteiger partial charge in [0.2, 0.25) is 17.7 Å². The topological polar surface area (TPSA) is 175 Å². The van der Waals surface area contributed by atoms with Crippen LogP contribution < -0.4 is 16.7 Å². The molecule has 31 heteroatoms. The number of carbonyl (C=O) groups is 3. The third-order valence-electron chi connectivity index (χ3n) is 20.7. The Hall–Kier alpha value is -11.7. The number of benzene rings is 9. The van der Waals surface area contributed by atoms with Crippen LogP contribution in [0.2, 0.25) is 0 Å². The van der Waals surface area contributed by atoms with Crippen LogP contribution in [-0.2, 0) is 128 Å². The lowest BCUT2D eigenvalue weighted by molar-refractivity contribution is -0.138. The predicted octanol–water partition coefficient (Wildman–Crippen LogP) is 21.6. The first kappa shape index (κ1) is 58.1. The van der Waals surface area contributed by atoms with Crippen molar-refractivity contribution in [1.29, 1.82) is 0 Å². The molecular formula is C110H120F10N12O6S3. The molecule has 3 aliphatic rings. The van der Waals surface area contributed by atoms with Crippen LogP contribution >= 0.6 is 35.3 Å². The number of nitrogens with zero attached hydrogens (tertiary/aromatic N) is 12. The van der Waals surface area contributed by atoms with Gasteiger partial charge in [-0.05, 0) is 228 Å². The van der Waals surface area contributed by atoms with Crippen molar-refractivity contribution in [2.24, 2.45) is 11.8 Å². The number of likely N-dealkylation sites (N-methyl/N-ethyl adjacent to an activating group) is 3. The number of hydrogen-bond acceptors (Lipinski definition) is 15. The van der Waals surface area contributed by atoms with Crippen LogP contribution in [0, 0.1) is 29.2 Å². The Morgan fingerprint density at radius 2 is 0.695 bits per heavy atom. The maximum Gasteiger partial charge on any atom is 0.416 e. The second kappa shape index (κ2) is 50.3. The van der Waals surface area contributed by atoms with Crippen LogP contribution in [-0.4, -0.2) is 154 Å². The molecule has 2 atom stereocenters. The molecule has 15 rings (SSSR count). The molecule has 0 radical (unpaired) electrons. The average Bonchev–Trinajstić information content (AvgIpc) is 1.52. The molecule has 0 aliphatic heterocycles. The number of fused-ring (bicyclic) bond motifs is 3. The molecule has 2 unspecified atom stereocenters. The minimum Gasteiger partial charge on any atom is -0.336 e. The summed E-state index contributed by atoms with van der Waals surface area (Å²) in [5.41, 5.74) is -10.3. The number of hydrogen-bond donors (Lipinski definition) is 0. The molecule has 18 nitrogen and oxygen atoms in total. The Kier molecular flexibility index (Phi) is 20.7. The Labute approximate surface area is 900 Å². The molecule has 0 saturated heterocycles. The fourth-order valence-electron chi connectivity index (χ4n) is 13.6. The molecule has 12 aromatic rings. The zero-order valence-electron chi connectivity index (χ0n) is 126. The van der Waals surface area contributed by atoms with E-state index in [-0.39, 0.29) is 52.3 Å². The quantitative estimate of drug-likeness (QED) is 0.0201. The Bertz CT molecular complexity index is 9060. The van der Waals surface area contributed by atoms with Gasteiger partial charge in [0, 0.05) is 148 Å². The van der Waals surface area contributed by atoms with Crippen LogP contribution in [0.5, 0.6) is 0 Å². The third kappa shape index (κ3) is 29.3. The highest BCUT2D eigenvalue weighted by atomic mass is 32.2. The zero-order valence-corrected chi connectivity index (χ0v) is 78.5. The summed E-state index contributed by atoms with van der Waals surface area (Å²) in [6.45, 7) is -41.6. The van der Waals surface area contributed by atoms with Gasteiger partial charge in [0.1, 0.15) is 43.8 Å². The number of carbonyl (C=O) groups excluding carboxylic acids is 3. The number of rotatable bonds is 40. The number of aromatic nitrogens is 6. The van der Waals surface area contributed by atoms with Gasteiger partial charge in [-0.2, -0.15) is 41.3 Å². The van der Waals surface area contributed by atoms with Gasteiger partial charge in [-0.25, -0.2) is 17.6 Å². The van der Waals surface area contributed by atoms with Crippen LogP contribution in [0.1, 0.15) is 214 Å². The van der Waals surface area contributed by atoms with Gasteiger partial charge in [-0.3, -0.25) is 28.8 Å². The zero-order chi connectivity index (χ0) is 145. The molecule has 0 saturated carbocycles. The number of halogens is 10. The van der Waals surface area contributed by atoms with Crippen molar-refractivity contribution >= 4 is 53.0 Å². The lowest BCUT2D eigenvalue weighted by atomic mass is 10.0. The van der Waals surface area contributed by atoms with Crippen LogP contribution in [0.25, 0.3) is 33.4 Å². The minimum atomic E-state index is -5.43. The monoisotopic (exact) mass is 2040 g/mol. The fourth-order valence-corrected chi connectivity index (χ4v) is 16.4.